The predicted octanol–water partition coefficient (Wildman–Crippen LogP) is 2.11. The summed E-state index contributed by atoms with van der Waals surface area (Å²) in [5, 5.41) is 9.61. The Morgan fingerprint density at radius 3 is 2.79 bits per heavy atom. The van der Waals surface area contributed by atoms with E-state index < -0.39 is 0 Å². The quantitative estimate of drug-likeness (QED) is 0.436. The summed E-state index contributed by atoms with van der Waals surface area (Å²) < 4.78 is 0. The molecule has 0 aromatic carbocycles. The van der Waals surface area contributed by atoms with Gasteiger partial charge < -0.3 is 15.6 Å². The van der Waals surface area contributed by atoms with E-state index in [0.717, 1.165) is 63.5 Å². The van der Waals surface area contributed by atoms with E-state index in [9.17, 15) is 0 Å². The fourth-order valence-electron chi connectivity index (χ4n) is 3.69. The number of anilines is 1. The third kappa shape index (κ3) is 2.63. The number of hydrogen-bond donors (Lipinski definition) is 3. The zero-order valence-corrected chi connectivity index (χ0v) is 15.4. The summed E-state index contributed by atoms with van der Waals surface area (Å²) in [4.78, 5) is 23.3. The van der Waals surface area contributed by atoms with Gasteiger partial charge in [0.1, 0.15) is 17.2 Å². The number of pyridine rings is 2. The standard InChI is InChI=1S/C20H17N9/c21-12-9-29(10-12)19-8-23-6-18(26-19)14-4-13-17(7-24-14)27-28-20(13)15-3-11-1-2-22-5-16(11)25-15/h1-8,12,25H,9-10,21H2,(H,27,28). The summed E-state index contributed by atoms with van der Waals surface area (Å²) in [6.07, 6.45) is 8.85. The van der Waals surface area contributed by atoms with E-state index in [4.69, 9.17) is 10.7 Å². The van der Waals surface area contributed by atoms with E-state index in [1.807, 2.05) is 18.3 Å². The second-order valence-electron chi connectivity index (χ2n) is 7.26. The van der Waals surface area contributed by atoms with Crippen LogP contribution < -0.4 is 10.6 Å². The third-order valence-corrected chi connectivity index (χ3v) is 5.24. The minimum atomic E-state index is 0.204. The molecule has 1 aliphatic rings. The average Bonchev–Trinajstić information content (AvgIpc) is 3.34. The van der Waals surface area contributed by atoms with E-state index in [0.29, 0.717) is 0 Å². The number of nitrogens with two attached hydrogens (primary N) is 1. The van der Waals surface area contributed by atoms with Crippen molar-refractivity contribution in [3.05, 3.63) is 49.2 Å². The maximum Gasteiger partial charge on any atom is 0.147 e. The Balaban J connectivity index is 1.43. The molecule has 0 saturated carbocycles. The molecule has 1 saturated heterocycles. The lowest BCUT2D eigenvalue weighted by Gasteiger charge is -2.37. The van der Waals surface area contributed by atoms with Crippen LogP contribution in [0.25, 0.3) is 44.6 Å². The monoisotopic (exact) mass is 383 g/mol. The largest absolute Gasteiger partial charge is 0.352 e. The van der Waals surface area contributed by atoms with E-state index in [1.165, 1.54) is 0 Å². The van der Waals surface area contributed by atoms with Gasteiger partial charge in [-0.15, -0.1) is 0 Å². The van der Waals surface area contributed by atoms with Gasteiger partial charge in [-0.3, -0.25) is 20.1 Å². The van der Waals surface area contributed by atoms with Crippen LogP contribution in [0.5, 0.6) is 0 Å². The molecular weight excluding hydrogens is 366 g/mol. The van der Waals surface area contributed by atoms with Crippen molar-refractivity contribution in [1.29, 1.82) is 0 Å². The van der Waals surface area contributed by atoms with Gasteiger partial charge in [0.2, 0.25) is 0 Å². The minimum Gasteiger partial charge on any atom is -0.352 e. The Kier molecular flexibility index (Phi) is 3.38. The van der Waals surface area contributed by atoms with Gasteiger partial charge in [0.25, 0.3) is 0 Å². The molecule has 142 valence electrons. The first-order chi connectivity index (χ1) is 14.2. The van der Waals surface area contributed by atoms with Crippen LogP contribution in [-0.4, -0.2) is 54.2 Å². The second-order valence-corrected chi connectivity index (χ2v) is 7.26. The minimum absolute atomic E-state index is 0.204. The first kappa shape index (κ1) is 16.1. The normalized spacial score (nSPS) is 14.6. The number of nitrogens with one attached hydrogen (secondary N) is 2. The van der Waals surface area contributed by atoms with Gasteiger partial charge in [-0.25, -0.2) is 4.98 Å². The van der Waals surface area contributed by atoms with Crippen molar-refractivity contribution in [3.63, 3.8) is 0 Å². The lowest BCUT2D eigenvalue weighted by atomic mass is 10.1. The molecule has 0 amide bonds. The summed E-state index contributed by atoms with van der Waals surface area (Å²) in [6, 6.07) is 6.24. The Labute approximate surface area is 165 Å². The topological polar surface area (TPSA) is 125 Å². The van der Waals surface area contributed by atoms with Crippen LogP contribution in [0.15, 0.2) is 49.2 Å². The molecule has 0 spiro atoms. The molecule has 9 nitrogen and oxygen atoms in total. The van der Waals surface area contributed by atoms with E-state index in [2.05, 4.69) is 41.1 Å². The molecule has 1 fully saturated rings. The van der Waals surface area contributed by atoms with Crippen molar-refractivity contribution in [2.24, 2.45) is 5.73 Å². The Hall–Kier alpha value is -3.85. The van der Waals surface area contributed by atoms with Crippen molar-refractivity contribution in [2.75, 3.05) is 18.0 Å². The highest BCUT2D eigenvalue weighted by molar-refractivity contribution is 5.96. The average molecular weight is 383 g/mol. The van der Waals surface area contributed by atoms with Crippen molar-refractivity contribution in [3.8, 4) is 22.8 Å². The summed E-state index contributed by atoms with van der Waals surface area (Å²) >= 11 is 0. The molecular formula is C20H17N9. The van der Waals surface area contributed by atoms with Gasteiger partial charge in [-0.2, -0.15) is 5.10 Å². The van der Waals surface area contributed by atoms with Crippen LogP contribution in [0.3, 0.4) is 0 Å². The van der Waals surface area contributed by atoms with Crippen LogP contribution in [-0.2, 0) is 0 Å². The smallest absolute Gasteiger partial charge is 0.147 e. The molecule has 4 N–H and O–H groups in total. The lowest BCUT2D eigenvalue weighted by molar-refractivity contribution is 0.514. The van der Waals surface area contributed by atoms with Gasteiger partial charge in [0.15, 0.2) is 0 Å². The molecule has 9 heteroatoms. The third-order valence-electron chi connectivity index (χ3n) is 5.24. The molecule has 0 radical (unpaired) electrons. The molecule has 0 aliphatic carbocycles. The van der Waals surface area contributed by atoms with Crippen LogP contribution in [0.4, 0.5) is 5.82 Å². The Morgan fingerprint density at radius 1 is 1.00 bits per heavy atom. The highest BCUT2D eigenvalue weighted by Gasteiger charge is 2.24. The molecule has 0 unspecified atom stereocenters. The van der Waals surface area contributed by atoms with Crippen molar-refractivity contribution >= 4 is 27.6 Å². The molecule has 5 aromatic rings. The van der Waals surface area contributed by atoms with E-state index in [1.54, 1.807) is 24.8 Å². The van der Waals surface area contributed by atoms with Crippen molar-refractivity contribution in [2.45, 2.75) is 6.04 Å². The molecule has 6 rings (SSSR count). The summed E-state index contributed by atoms with van der Waals surface area (Å²) in [5.41, 5.74) is 10.9. The summed E-state index contributed by atoms with van der Waals surface area (Å²) in [7, 11) is 0. The van der Waals surface area contributed by atoms with Crippen LogP contribution in [0, 0.1) is 0 Å². The molecule has 5 aromatic heterocycles. The SMILES string of the molecule is NC1CN(c2cncc(-c3cc4c(-c5cc6ccncc6[nH]5)n[nH]c4cn3)n2)C1. The van der Waals surface area contributed by atoms with Crippen molar-refractivity contribution in [1.82, 2.24) is 35.1 Å². The fraction of sp³-hybridized carbons (Fsp3) is 0.150. The number of nitrogens with zero attached hydrogens (tertiary/aromatic N) is 6. The zero-order valence-electron chi connectivity index (χ0n) is 15.4. The maximum absolute atomic E-state index is 5.89. The number of fused-ring (bicyclic) bond motifs is 2. The number of aromatic nitrogens is 7. The zero-order chi connectivity index (χ0) is 19.4. The number of H-pyrrole nitrogens is 2. The predicted molar refractivity (Wildman–Crippen MR) is 110 cm³/mol. The fourth-order valence-corrected chi connectivity index (χ4v) is 3.69. The highest BCUT2D eigenvalue weighted by Crippen LogP contribution is 2.30. The molecule has 0 atom stereocenters. The highest BCUT2D eigenvalue weighted by atomic mass is 15.3. The van der Waals surface area contributed by atoms with Gasteiger partial charge in [-0.05, 0) is 18.2 Å². The number of rotatable bonds is 3. The Morgan fingerprint density at radius 2 is 1.93 bits per heavy atom. The lowest BCUT2D eigenvalue weighted by Crippen LogP contribution is -2.56. The first-order valence-electron chi connectivity index (χ1n) is 9.35. The summed E-state index contributed by atoms with van der Waals surface area (Å²) in [5.74, 6) is 0.821. The van der Waals surface area contributed by atoms with Crippen molar-refractivity contribution < 1.29 is 0 Å². The van der Waals surface area contributed by atoms with E-state index in [-0.39, 0.29) is 6.04 Å². The molecule has 1 aliphatic heterocycles. The van der Waals surface area contributed by atoms with Gasteiger partial charge >= 0.3 is 0 Å². The maximum atomic E-state index is 5.89. The van der Waals surface area contributed by atoms with Crippen LogP contribution in [0.2, 0.25) is 0 Å². The van der Waals surface area contributed by atoms with E-state index >= 15 is 0 Å². The van der Waals surface area contributed by atoms with Gasteiger partial charge in [0.05, 0.1) is 47.2 Å². The van der Waals surface area contributed by atoms with Gasteiger partial charge in [-0.1, -0.05) is 0 Å². The first-order valence-corrected chi connectivity index (χ1v) is 9.35. The van der Waals surface area contributed by atoms with Crippen LogP contribution in [0.1, 0.15) is 0 Å². The second kappa shape index (κ2) is 6.08. The number of aromatic amines is 2. The van der Waals surface area contributed by atoms with Gasteiger partial charge in [0, 0.05) is 36.1 Å². The molecule has 6 heterocycles. The molecule has 29 heavy (non-hydrogen) atoms. The molecule has 0 bridgehead atoms. The summed E-state index contributed by atoms with van der Waals surface area (Å²) in [6.45, 7) is 1.59. The number of hydrogen-bond acceptors (Lipinski definition) is 7. The Bertz CT molecular complexity index is 1310. The van der Waals surface area contributed by atoms with Crippen LogP contribution >= 0.6 is 0 Å².